The second kappa shape index (κ2) is 5.08. The van der Waals surface area contributed by atoms with Gasteiger partial charge in [-0.25, -0.2) is 4.98 Å². The molecule has 1 aromatic heterocycles. The molecule has 5 heteroatoms. The highest BCUT2D eigenvalue weighted by Crippen LogP contribution is 2.65. The van der Waals surface area contributed by atoms with E-state index in [1.807, 2.05) is 30.3 Å². The quantitative estimate of drug-likeness (QED) is 0.880. The SMILES string of the molecule is O=C(Nc1ccccn1)[C@H]1[C@H](c2ccccc2)C1(Cl)Cl. The molecule has 0 radical (unpaired) electrons. The van der Waals surface area contributed by atoms with E-state index in [2.05, 4.69) is 10.3 Å². The van der Waals surface area contributed by atoms with Crippen molar-refractivity contribution in [3.05, 3.63) is 60.3 Å². The summed E-state index contributed by atoms with van der Waals surface area (Å²) >= 11 is 12.5. The molecule has 2 aromatic rings. The molecule has 102 valence electrons. The van der Waals surface area contributed by atoms with Crippen molar-refractivity contribution in [1.29, 1.82) is 0 Å². The first-order valence-electron chi connectivity index (χ1n) is 6.25. The summed E-state index contributed by atoms with van der Waals surface area (Å²) in [4.78, 5) is 16.3. The number of carbonyl (C=O) groups is 1. The van der Waals surface area contributed by atoms with Gasteiger partial charge in [0.05, 0.1) is 5.92 Å². The van der Waals surface area contributed by atoms with Gasteiger partial charge in [-0.05, 0) is 17.7 Å². The van der Waals surface area contributed by atoms with Gasteiger partial charge in [-0.1, -0.05) is 36.4 Å². The second-order valence-corrected chi connectivity index (χ2v) is 6.19. The Kier molecular flexibility index (Phi) is 3.40. The number of hydrogen-bond acceptors (Lipinski definition) is 2. The first-order chi connectivity index (χ1) is 9.60. The predicted octanol–water partition coefficient (Wildman–Crippen LogP) is 3.61. The smallest absolute Gasteiger partial charge is 0.232 e. The molecular weight excluding hydrogens is 295 g/mol. The number of aromatic nitrogens is 1. The fraction of sp³-hybridized carbons (Fsp3) is 0.200. The third-order valence-corrected chi connectivity index (χ3v) is 4.35. The Balaban J connectivity index is 1.76. The van der Waals surface area contributed by atoms with E-state index in [0.717, 1.165) is 5.56 Å². The van der Waals surface area contributed by atoms with Gasteiger partial charge in [0, 0.05) is 12.1 Å². The molecular formula is C15H12Cl2N2O. The van der Waals surface area contributed by atoms with Crippen LogP contribution < -0.4 is 5.32 Å². The zero-order chi connectivity index (χ0) is 14.2. The van der Waals surface area contributed by atoms with Gasteiger partial charge in [-0.3, -0.25) is 4.79 Å². The first kappa shape index (κ1) is 13.4. The number of halogens is 2. The van der Waals surface area contributed by atoms with E-state index in [1.54, 1.807) is 24.4 Å². The Labute approximate surface area is 126 Å². The van der Waals surface area contributed by atoms with Crippen LogP contribution in [0.5, 0.6) is 0 Å². The molecule has 0 aliphatic heterocycles. The van der Waals surface area contributed by atoms with E-state index in [0.29, 0.717) is 5.82 Å². The number of nitrogens with zero attached hydrogens (tertiary/aromatic N) is 1. The van der Waals surface area contributed by atoms with E-state index in [4.69, 9.17) is 23.2 Å². The number of pyridine rings is 1. The Morgan fingerprint density at radius 2 is 1.80 bits per heavy atom. The summed E-state index contributed by atoms with van der Waals surface area (Å²) in [5.74, 6) is -0.353. The van der Waals surface area contributed by atoms with Gasteiger partial charge in [-0.15, -0.1) is 23.2 Å². The molecule has 3 nitrogen and oxygen atoms in total. The Morgan fingerprint density at radius 3 is 2.45 bits per heavy atom. The summed E-state index contributed by atoms with van der Waals surface area (Å²) in [5.41, 5.74) is 0.971. The molecule has 3 rings (SSSR count). The molecule has 0 unspecified atom stereocenters. The molecule has 1 aliphatic carbocycles. The van der Waals surface area contributed by atoms with Crippen molar-refractivity contribution in [1.82, 2.24) is 4.98 Å². The lowest BCUT2D eigenvalue weighted by molar-refractivity contribution is -0.117. The maximum atomic E-state index is 12.3. The predicted molar refractivity (Wildman–Crippen MR) is 80.0 cm³/mol. The molecule has 1 fully saturated rings. The maximum absolute atomic E-state index is 12.3. The summed E-state index contributed by atoms with van der Waals surface area (Å²) in [6.07, 6.45) is 1.62. The molecule has 1 aromatic carbocycles. The van der Waals surface area contributed by atoms with Crippen LogP contribution in [0.1, 0.15) is 11.5 Å². The van der Waals surface area contributed by atoms with E-state index >= 15 is 0 Å². The van der Waals surface area contributed by atoms with Gasteiger partial charge in [-0.2, -0.15) is 0 Å². The Bertz CT molecular complexity index is 616. The van der Waals surface area contributed by atoms with Crippen LogP contribution in [0.4, 0.5) is 5.82 Å². The van der Waals surface area contributed by atoms with Crippen LogP contribution in [-0.4, -0.2) is 15.2 Å². The Morgan fingerprint density at radius 1 is 1.10 bits per heavy atom. The summed E-state index contributed by atoms with van der Waals surface area (Å²) in [6, 6.07) is 14.9. The lowest BCUT2D eigenvalue weighted by Crippen LogP contribution is -2.17. The van der Waals surface area contributed by atoms with Crippen LogP contribution in [-0.2, 0) is 4.79 Å². The number of anilines is 1. The average Bonchev–Trinajstić information content (AvgIpc) is 3.04. The van der Waals surface area contributed by atoms with E-state index < -0.39 is 10.3 Å². The summed E-state index contributed by atoms with van der Waals surface area (Å²) in [7, 11) is 0. The molecule has 1 amide bonds. The largest absolute Gasteiger partial charge is 0.310 e. The molecule has 1 saturated carbocycles. The fourth-order valence-electron chi connectivity index (χ4n) is 2.37. The molecule has 0 saturated heterocycles. The summed E-state index contributed by atoms with van der Waals surface area (Å²) in [6.45, 7) is 0. The topological polar surface area (TPSA) is 42.0 Å². The molecule has 1 heterocycles. The van der Waals surface area contributed by atoms with Gasteiger partial charge in [0.1, 0.15) is 10.2 Å². The average molecular weight is 307 g/mol. The monoisotopic (exact) mass is 306 g/mol. The van der Waals surface area contributed by atoms with E-state index in [1.165, 1.54) is 0 Å². The van der Waals surface area contributed by atoms with Crippen LogP contribution in [0.15, 0.2) is 54.7 Å². The van der Waals surface area contributed by atoms with Crippen LogP contribution in [0.3, 0.4) is 0 Å². The van der Waals surface area contributed by atoms with Crippen molar-refractivity contribution in [3.8, 4) is 0 Å². The van der Waals surface area contributed by atoms with Crippen LogP contribution in [0.25, 0.3) is 0 Å². The highest BCUT2D eigenvalue weighted by molar-refractivity contribution is 6.53. The molecule has 2 atom stereocenters. The normalized spacial score (nSPS) is 23.1. The zero-order valence-corrected chi connectivity index (χ0v) is 12.0. The van der Waals surface area contributed by atoms with E-state index in [-0.39, 0.29) is 11.8 Å². The van der Waals surface area contributed by atoms with Crippen molar-refractivity contribution in [2.24, 2.45) is 5.92 Å². The number of carbonyl (C=O) groups excluding carboxylic acids is 1. The molecule has 1 N–H and O–H groups in total. The number of amides is 1. The molecule has 0 spiro atoms. The third kappa shape index (κ3) is 2.39. The van der Waals surface area contributed by atoms with Crippen molar-refractivity contribution in [3.63, 3.8) is 0 Å². The van der Waals surface area contributed by atoms with Crippen molar-refractivity contribution in [2.45, 2.75) is 10.3 Å². The third-order valence-electron chi connectivity index (χ3n) is 3.41. The highest BCUT2D eigenvalue weighted by Gasteiger charge is 2.67. The maximum Gasteiger partial charge on any atom is 0.232 e. The minimum atomic E-state index is -1.06. The summed E-state index contributed by atoms with van der Waals surface area (Å²) in [5, 5.41) is 2.74. The zero-order valence-electron chi connectivity index (χ0n) is 10.5. The fourth-order valence-corrected chi connectivity index (χ4v) is 3.20. The minimum absolute atomic E-state index is 0.184. The van der Waals surface area contributed by atoms with Crippen LogP contribution >= 0.6 is 23.2 Å². The van der Waals surface area contributed by atoms with Crippen molar-refractivity contribution in [2.75, 3.05) is 5.32 Å². The van der Waals surface area contributed by atoms with Crippen molar-refractivity contribution >= 4 is 34.9 Å². The van der Waals surface area contributed by atoms with Crippen LogP contribution in [0.2, 0.25) is 0 Å². The lowest BCUT2D eigenvalue weighted by Gasteiger charge is -2.03. The summed E-state index contributed by atoms with van der Waals surface area (Å²) < 4.78 is -1.06. The van der Waals surface area contributed by atoms with Gasteiger partial charge in [0.25, 0.3) is 0 Å². The number of nitrogens with one attached hydrogen (secondary N) is 1. The number of benzene rings is 1. The Hall–Kier alpha value is -1.58. The molecule has 1 aliphatic rings. The van der Waals surface area contributed by atoms with Gasteiger partial charge < -0.3 is 5.32 Å². The standard InChI is InChI=1S/C15H12Cl2N2O/c16-15(17)12(10-6-2-1-3-7-10)13(15)14(20)19-11-8-4-5-9-18-11/h1-9,12-13H,(H,18,19,20)/t12-,13+/m0/s1. The first-order valence-corrected chi connectivity index (χ1v) is 7.01. The van der Waals surface area contributed by atoms with E-state index in [9.17, 15) is 4.79 Å². The highest BCUT2D eigenvalue weighted by atomic mass is 35.5. The number of alkyl halides is 2. The van der Waals surface area contributed by atoms with Gasteiger partial charge in [0.15, 0.2) is 0 Å². The van der Waals surface area contributed by atoms with Gasteiger partial charge >= 0.3 is 0 Å². The minimum Gasteiger partial charge on any atom is -0.310 e. The number of rotatable bonds is 3. The lowest BCUT2D eigenvalue weighted by atomic mass is 10.1. The second-order valence-electron chi connectivity index (χ2n) is 4.74. The molecule has 0 bridgehead atoms. The molecule has 20 heavy (non-hydrogen) atoms. The van der Waals surface area contributed by atoms with Gasteiger partial charge in [0.2, 0.25) is 5.91 Å². The van der Waals surface area contributed by atoms with Crippen LogP contribution in [0, 0.1) is 5.92 Å². The van der Waals surface area contributed by atoms with Crippen molar-refractivity contribution < 1.29 is 4.79 Å². The number of hydrogen-bond donors (Lipinski definition) is 1.